The summed E-state index contributed by atoms with van der Waals surface area (Å²) in [5.74, 6) is 0. The highest BCUT2D eigenvalue weighted by atomic mass is 14.8. The van der Waals surface area contributed by atoms with E-state index in [1.165, 1.54) is 11.1 Å². The van der Waals surface area contributed by atoms with Gasteiger partial charge in [-0.15, -0.1) is 0 Å². The van der Waals surface area contributed by atoms with Crippen molar-refractivity contribution in [2.24, 2.45) is 4.99 Å². The van der Waals surface area contributed by atoms with Crippen LogP contribution in [0.3, 0.4) is 0 Å². The fraction of sp³-hybridized carbons (Fsp3) is 0.222. The van der Waals surface area contributed by atoms with Crippen LogP contribution in [0.1, 0.15) is 13.3 Å². The highest BCUT2D eigenvalue weighted by molar-refractivity contribution is 5.88. The second-order valence-corrected chi connectivity index (χ2v) is 2.46. The molecule has 10 heavy (non-hydrogen) atoms. The van der Waals surface area contributed by atoms with Gasteiger partial charge >= 0.3 is 0 Å². The molecule has 0 radical (unpaired) electrons. The average molecular weight is 131 g/mol. The van der Waals surface area contributed by atoms with Crippen LogP contribution in [0.15, 0.2) is 40.1 Å². The molecule has 2 rings (SSSR count). The summed E-state index contributed by atoms with van der Waals surface area (Å²) in [4.78, 5) is 4.25. The first kappa shape index (κ1) is 5.66. The van der Waals surface area contributed by atoms with E-state index in [0.717, 1.165) is 12.1 Å². The summed E-state index contributed by atoms with van der Waals surface area (Å²) in [5.41, 5.74) is 3.82. The van der Waals surface area contributed by atoms with E-state index in [0.29, 0.717) is 0 Å². The van der Waals surface area contributed by atoms with E-state index in [9.17, 15) is 0 Å². The Labute approximate surface area is 60.5 Å². The van der Waals surface area contributed by atoms with Gasteiger partial charge in [-0.05, 0) is 18.1 Å². The molecule has 1 aliphatic heterocycles. The lowest BCUT2D eigenvalue weighted by molar-refractivity contribution is 1.17. The molecule has 2 aliphatic rings. The Kier molecular flexibility index (Phi) is 1.10. The molecular formula is C9H9N. The zero-order chi connectivity index (χ0) is 6.97. The van der Waals surface area contributed by atoms with Gasteiger partial charge in [0, 0.05) is 11.8 Å². The Morgan fingerprint density at radius 3 is 3.20 bits per heavy atom. The summed E-state index contributed by atoms with van der Waals surface area (Å²) in [6, 6.07) is 0. The third kappa shape index (κ3) is 0.604. The quantitative estimate of drug-likeness (QED) is 0.517. The van der Waals surface area contributed by atoms with Crippen LogP contribution in [0, 0.1) is 0 Å². The van der Waals surface area contributed by atoms with Crippen molar-refractivity contribution in [3.05, 3.63) is 35.1 Å². The van der Waals surface area contributed by atoms with Gasteiger partial charge in [0.2, 0.25) is 0 Å². The van der Waals surface area contributed by atoms with Crippen molar-refractivity contribution >= 4 is 6.21 Å². The van der Waals surface area contributed by atoms with Crippen LogP contribution in [0.5, 0.6) is 0 Å². The number of rotatable bonds is 1. The molecule has 0 atom stereocenters. The van der Waals surface area contributed by atoms with Crippen LogP contribution >= 0.6 is 0 Å². The maximum Gasteiger partial charge on any atom is 0.0705 e. The van der Waals surface area contributed by atoms with E-state index in [2.05, 4.69) is 30.1 Å². The molecule has 0 aromatic carbocycles. The first-order chi connectivity index (χ1) is 4.92. The van der Waals surface area contributed by atoms with E-state index in [1.54, 1.807) is 0 Å². The molecule has 1 heterocycles. The number of nitrogens with zero attached hydrogens (tertiary/aromatic N) is 1. The molecular weight excluding hydrogens is 122 g/mol. The van der Waals surface area contributed by atoms with E-state index in [1.807, 2.05) is 6.21 Å². The second kappa shape index (κ2) is 1.94. The summed E-state index contributed by atoms with van der Waals surface area (Å²) >= 11 is 0. The molecule has 0 saturated carbocycles. The minimum absolute atomic E-state index is 1.08. The Morgan fingerprint density at radius 2 is 2.40 bits per heavy atom. The highest BCUT2D eigenvalue weighted by Crippen LogP contribution is 2.28. The molecule has 50 valence electrons. The fourth-order valence-electron chi connectivity index (χ4n) is 1.29. The zero-order valence-corrected chi connectivity index (χ0v) is 5.96. The van der Waals surface area contributed by atoms with Gasteiger partial charge in [0.25, 0.3) is 0 Å². The van der Waals surface area contributed by atoms with E-state index < -0.39 is 0 Å². The van der Waals surface area contributed by atoms with Gasteiger partial charge in [-0.3, -0.25) is 4.99 Å². The van der Waals surface area contributed by atoms with Crippen molar-refractivity contribution in [1.82, 2.24) is 0 Å². The predicted octanol–water partition coefficient (Wildman–Crippen LogP) is 2.23. The van der Waals surface area contributed by atoms with E-state index in [4.69, 9.17) is 0 Å². The standard InChI is InChI=1S/C9H9N/c1-2-7-6-10-9-5-3-4-8(7)9/h3-6H,2H2,1H3. The average Bonchev–Trinajstić information content (AvgIpc) is 2.44. The molecule has 1 nitrogen and oxygen atoms in total. The Morgan fingerprint density at radius 1 is 1.50 bits per heavy atom. The van der Waals surface area contributed by atoms with Crippen LogP contribution in [-0.2, 0) is 0 Å². The maximum atomic E-state index is 4.25. The number of aliphatic imine (C=N–C) groups is 1. The van der Waals surface area contributed by atoms with Crippen molar-refractivity contribution in [1.29, 1.82) is 0 Å². The van der Waals surface area contributed by atoms with Crippen LogP contribution in [0.2, 0.25) is 0 Å². The molecule has 0 spiro atoms. The molecule has 0 bridgehead atoms. The van der Waals surface area contributed by atoms with E-state index in [-0.39, 0.29) is 0 Å². The minimum atomic E-state index is 1.08. The smallest absolute Gasteiger partial charge is 0.0705 e. The van der Waals surface area contributed by atoms with Gasteiger partial charge < -0.3 is 0 Å². The van der Waals surface area contributed by atoms with Crippen LogP contribution < -0.4 is 0 Å². The van der Waals surface area contributed by atoms with Gasteiger partial charge in [-0.25, -0.2) is 0 Å². The number of hydrogen-bond acceptors (Lipinski definition) is 1. The normalized spacial score (nSPS) is 20.3. The van der Waals surface area contributed by atoms with Crippen molar-refractivity contribution in [2.45, 2.75) is 13.3 Å². The maximum absolute atomic E-state index is 4.25. The van der Waals surface area contributed by atoms with Crippen LogP contribution in [0.4, 0.5) is 0 Å². The third-order valence-corrected chi connectivity index (χ3v) is 1.88. The monoisotopic (exact) mass is 131 g/mol. The minimum Gasteiger partial charge on any atom is -0.256 e. The van der Waals surface area contributed by atoms with Gasteiger partial charge in [0.15, 0.2) is 0 Å². The molecule has 0 unspecified atom stereocenters. The van der Waals surface area contributed by atoms with Gasteiger partial charge in [0.05, 0.1) is 5.70 Å². The molecule has 0 saturated heterocycles. The topological polar surface area (TPSA) is 12.4 Å². The second-order valence-electron chi connectivity index (χ2n) is 2.46. The fourth-order valence-corrected chi connectivity index (χ4v) is 1.29. The number of hydrogen-bond donors (Lipinski definition) is 0. The zero-order valence-electron chi connectivity index (χ0n) is 5.96. The third-order valence-electron chi connectivity index (χ3n) is 1.88. The van der Waals surface area contributed by atoms with Crippen molar-refractivity contribution < 1.29 is 0 Å². The Hall–Kier alpha value is -1.11. The molecule has 0 aromatic rings. The Bertz CT molecular complexity index is 277. The first-order valence-corrected chi connectivity index (χ1v) is 3.58. The van der Waals surface area contributed by atoms with Crippen molar-refractivity contribution in [3.63, 3.8) is 0 Å². The largest absolute Gasteiger partial charge is 0.256 e. The predicted molar refractivity (Wildman–Crippen MR) is 43.0 cm³/mol. The summed E-state index contributed by atoms with van der Waals surface area (Å²) in [7, 11) is 0. The molecule has 0 N–H and O–H groups in total. The highest BCUT2D eigenvalue weighted by Gasteiger charge is 2.13. The summed E-state index contributed by atoms with van der Waals surface area (Å²) in [5, 5.41) is 0. The van der Waals surface area contributed by atoms with Crippen molar-refractivity contribution in [2.75, 3.05) is 0 Å². The summed E-state index contributed by atoms with van der Waals surface area (Å²) in [6.45, 7) is 2.16. The SMILES string of the molecule is CCC1=C2C=CC=C2N=C1. The van der Waals surface area contributed by atoms with Gasteiger partial charge in [-0.2, -0.15) is 0 Å². The van der Waals surface area contributed by atoms with Crippen molar-refractivity contribution in [3.8, 4) is 0 Å². The number of fused-ring (bicyclic) bond motifs is 1. The van der Waals surface area contributed by atoms with Crippen LogP contribution in [-0.4, -0.2) is 6.21 Å². The lowest BCUT2D eigenvalue weighted by Crippen LogP contribution is -1.80. The lowest BCUT2D eigenvalue weighted by atomic mass is 10.1. The number of allylic oxidation sites excluding steroid dienone is 4. The molecule has 0 aromatic heterocycles. The summed E-state index contributed by atoms with van der Waals surface area (Å²) < 4.78 is 0. The summed E-state index contributed by atoms with van der Waals surface area (Å²) in [6.07, 6.45) is 9.28. The van der Waals surface area contributed by atoms with Gasteiger partial charge in [-0.1, -0.05) is 19.1 Å². The molecule has 1 heteroatoms. The van der Waals surface area contributed by atoms with E-state index >= 15 is 0 Å². The Balaban J connectivity index is 2.49. The lowest BCUT2D eigenvalue weighted by Gasteiger charge is -1.93. The van der Waals surface area contributed by atoms with Gasteiger partial charge in [0.1, 0.15) is 0 Å². The first-order valence-electron chi connectivity index (χ1n) is 3.58. The molecule has 1 aliphatic carbocycles. The molecule has 0 fully saturated rings. The van der Waals surface area contributed by atoms with Crippen LogP contribution in [0.25, 0.3) is 0 Å². The molecule has 0 amide bonds.